The first-order chi connectivity index (χ1) is 6.56. The fraction of sp³-hybridized carbons (Fsp3) is 0.500. The molecule has 0 aliphatic rings. The maximum atomic E-state index is 11.7. The summed E-state index contributed by atoms with van der Waals surface area (Å²) in [5, 5.41) is 2.82. The molecule has 1 rings (SSSR count). The van der Waals surface area contributed by atoms with Crippen LogP contribution in [0, 0.1) is 6.92 Å². The smallest absolute Gasteiger partial charge is 0.268 e. The number of aromatic nitrogens is 1. The minimum Gasteiger partial charge on any atom is -0.347 e. The Labute approximate surface area is 84.1 Å². The predicted octanol–water partition coefficient (Wildman–Crippen LogP) is 0.411. The Morgan fingerprint density at radius 2 is 2.29 bits per heavy atom. The minimum atomic E-state index is -0.0708. The summed E-state index contributed by atoms with van der Waals surface area (Å²) < 4.78 is 1.86. The van der Waals surface area contributed by atoms with Crippen molar-refractivity contribution in [1.29, 1.82) is 0 Å². The molecule has 1 atom stereocenters. The maximum absolute atomic E-state index is 11.7. The summed E-state index contributed by atoms with van der Waals surface area (Å²) in [5.74, 6) is -0.0708. The van der Waals surface area contributed by atoms with Gasteiger partial charge in [-0.2, -0.15) is 0 Å². The van der Waals surface area contributed by atoms with Crippen LogP contribution >= 0.6 is 0 Å². The van der Waals surface area contributed by atoms with Crippen molar-refractivity contribution in [2.24, 2.45) is 12.8 Å². The van der Waals surface area contributed by atoms with Gasteiger partial charge in [0.05, 0.1) is 0 Å². The van der Waals surface area contributed by atoms with Gasteiger partial charge >= 0.3 is 0 Å². The molecule has 0 bridgehead atoms. The Hall–Kier alpha value is -1.29. The highest BCUT2D eigenvalue weighted by atomic mass is 16.2. The first-order valence-electron chi connectivity index (χ1n) is 4.69. The highest BCUT2D eigenvalue weighted by molar-refractivity contribution is 5.93. The number of hydrogen-bond donors (Lipinski definition) is 2. The molecule has 1 aromatic rings. The summed E-state index contributed by atoms with van der Waals surface area (Å²) >= 11 is 0. The van der Waals surface area contributed by atoms with Crippen molar-refractivity contribution in [2.75, 3.05) is 6.54 Å². The van der Waals surface area contributed by atoms with E-state index in [1.165, 1.54) is 0 Å². The second-order valence-electron chi connectivity index (χ2n) is 3.53. The zero-order valence-electron chi connectivity index (χ0n) is 8.87. The summed E-state index contributed by atoms with van der Waals surface area (Å²) in [6.07, 6.45) is 0. The molecule has 0 radical (unpaired) electrons. The summed E-state index contributed by atoms with van der Waals surface area (Å²) in [4.78, 5) is 11.7. The first kappa shape index (κ1) is 10.8. The lowest BCUT2D eigenvalue weighted by Gasteiger charge is -2.11. The van der Waals surface area contributed by atoms with Gasteiger partial charge in [0.1, 0.15) is 5.69 Å². The van der Waals surface area contributed by atoms with E-state index >= 15 is 0 Å². The number of nitrogens with one attached hydrogen (secondary N) is 1. The molecule has 0 aromatic carbocycles. The molecular formula is C10H17N3O. The zero-order valence-corrected chi connectivity index (χ0v) is 8.87. The van der Waals surface area contributed by atoms with Crippen LogP contribution in [-0.2, 0) is 7.05 Å². The predicted molar refractivity (Wildman–Crippen MR) is 56.1 cm³/mol. The van der Waals surface area contributed by atoms with Gasteiger partial charge in [-0.3, -0.25) is 4.79 Å². The van der Waals surface area contributed by atoms with Gasteiger partial charge in [-0.05, 0) is 26.0 Å². The van der Waals surface area contributed by atoms with Crippen LogP contribution in [0.3, 0.4) is 0 Å². The Morgan fingerprint density at radius 1 is 1.64 bits per heavy atom. The fourth-order valence-electron chi connectivity index (χ4n) is 1.20. The summed E-state index contributed by atoms with van der Waals surface area (Å²) in [6.45, 7) is 4.30. The van der Waals surface area contributed by atoms with Crippen molar-refractivity contribution in [3.63, 3.8) is 0 Å². The second kappa shape index (κ2) is 4.28. The van der Waals surface area contributed by atoms with E-state index in [1.54, 1.807) is 0 Å². The SMILES string of the molecule is Cc1ccc(C(=O)NC(C)CN)n1C. The number of rotatable bonds is 3. The second-order valence-corrected chi connectivity index (χ2v) is 3.53. The molecule has 0 aliphatic heterocycles. The molecule has 4 nitrogen and oxygen atoms in total. The standard InChI is InChI=1S/C10H17N3O/c1-7(6-11)12-10(14)9-5-4-8(2)13(9)3/h4-5,7H,6,11H2,1-3H3,(H,12,14). The van der Waals surface area contributed by atoms with E-state index in [2.05, 4.69) is 5.32 Å². The van der Waals surface area contributed by atoms with E-state index < -0.39 is 0 Å². The normalized spacial score (nSPS) is 12.6. The maximum Gasteiger partial charge on any atom is 0.268 e. The molecule has 0 spiro atoms. The van der Waals surface area contributed by atoms with Crippen molar-refractivity contribution < 1.29 is 4.79 Å². The van der Waals surface area contributed by atoms with Gasteiger partial charge < -0.3 is 15.6 Å². The molecular weight excluding hydrogens is 178 g/mol. The lowest BCUT2D eigenvalue weighted by molar-refractivity contribution is 0.0933. The van der Waals surface area contributed by atoms with E-state index in [0.29, 0.717) is 12.2 Å². The Bertz CT molecular complexity index is 330. The van der Waals surface area contributed by atoms with Crippen LogP contribution < -0.4 is 11.1 Å². The number of aryl methyl sites for hydroxylation is 1. The third kappa shape index (κ3) is 2.14. The summed E-state index contributed by atoms with van der Waals surface area (Å²) in [7, 11) is 1.87. The average molecular weight is 195 g/mol. The van der Waals surface area contributed by atoms with Crippen molar-refractivity contribution in [1.82, 2.24) is 9.88 Å². The van der Waals surface area contributed by atoms with E-state index in [0.717, 1.165) is 5.69 Å². The van der Waals surface area contributed by atoms with Gasteiger partial charge in [-0.25, -0.2) is 0 Å². The Kier molecular flexibility index (Phi) is 3.30. The molecule has 4 heteroatoms. The molecule has 78 valence electrons. The molecule has 1 heterocycles. The van der Waals surface area contributed by atoms with Crippen LogP contribution in [0.15, 0.2) is 12.1 Å². The first-order valence-corrected chi connectivity index (χ1v) is 4.69. The van der Waals surface area contributed by atoms with E-state index in [-0.39, 0.29) is 11.9 Å². The van der Waals surface area contributed by atoms with Gasteiger partial charge in [0.25, 0.3) is 5.91 Å². The van der Waals surface area contributed by atoms with E-state index in [9.17, 15) is 4.79 Å². The summed E-state index contributed by atoms with van der Waals surface area (Å²) in [6, 6.07) is 3.74. The third-order valence-corrected chi connectivity index (χ3v) is 2.34. The fourth-order valence-corrected chi connectivity index (χ4v) is 1.20. The van der Waals surface area contributed by atoms with Crippen LogP contribution in [-0.4, -0.2) is 23.1 Å². The van der Waals surface area contributed by atoms with Crippen LogP contribution in [0.25, 0.3) is 0 Å². The number of hydrogen-bond acceptors (Lipinski definition) is 2. The van der Waals surface area contributed by atoms with Crippen LogP contribution in [0.4, 0.5) is 0 Å². The largest absolute Gasteiger partial charge is 0.347 e. The van der Waals surface area contributed by atoms with Crippen molar-refractivity contribution >= 4 is 5.91 Å². The number of nitrogens with two attached hydrogens (primary N) is 1. The molecule has 0 saturated heterocycles. The Morgan fingerprint density at radius 3 is 2.71 bits per heavy atom. The Balaban J connectivity index is 2.75. The number of carbonyl (C=O) groups is 1. The highest BCUT2D eigenvalue weighted by Crippen LogP contribution is 2.05. The van der Waals surface area contributed by atoms with Gasteiger partial charge in [-0.15, -0.1) is 0 Å². The molecule has 0 aliphatic carbocycles. The molecule has 0 saturated carbocycles. The van der Waals surface area contributed by atoms with Crippen LogP contribution in [0.5, 0.6) is 0 Å². The highest BCUT2D eigenvalue weighted by Gasteiger charge is 2.12. The molecule has 0 fully saturated rings. The number of amides is 1. The molecule has 14 heavy (non-hydrogen) atoms. The third-order valence-electron chi connectivity index (χ3n) is 2.34. The van der Waals surface area contributed by atoms with E-state index in [1.807, 2.05) is 37.6 Å². The zero-order chi connectivity index (χ0) is 10.7. The molecule has 1 unspecified atom stereocenters. The molecule has 3 N–H and O–H groups in total. The monoisotopic (exact) mass is 195 g/mol. The van der Waals surface area contributed by atoms with Gasteiger partial charge in [0.15, 0.2) is 0 Å². The van der Waals surface area contributed by atoms with Crippen molar-refractivity contribution in [2.45, 2.75) is 19.9 Å². The number of nitrogens with zero attached hydrogens (tertiary/aromatic N) is 1. The lowest BCUT2D eigenvalue weighted by Crippen LogP contribution is -2.38. The van der Waals surface area contributed by atoms with Crippen LogP contribution in [0.2, 0.25) is 0 Å². The van der Waals surface area contributed by atoms with Crippen molar-refractivity contribution in [3.8, 4) is 0 Å². The van der Waals surface area contributed by atoms with Crippen LogP contribution in [0.1, 0.15) is 23.1 Å². The minimum absolute atomic E-state index is 0.0118. The van der Waals surface area contributed by atoms with Crippen molar-refractivity contribution in [3.05, 3.63) is 23.5 Å². The topological polar surface area (TPSA) is 60.1 Å². The lowest BCUT2D eigenvalue weighted by atomic mass is 10.3. The molecule has 1 aromatic heterocycles. The molecule has 1 amide bonds. The summed E-state index contributed by atoms with van der Waals surface area (Å²) in [5.41, 5.74) is 7.15. The average Bonchev–Trinajstić information content (AvgIpc) is 2.47. The quantitative estimate of drug-likeness (QED) is 0.734. The van der Waals surface area contributed by atoms with Gasteiger partial charge in [-0.1, -0.05) is 0 Å². The van der Waals surface area contributed by atoms with Gasteiger partial charge in [0, 0.05) is 25.3 Å². The van der Waals surface area contributed by atoms with Gasteiger partial charge in [0.2, 0.25) is 0 Å². The number of carbonyl (C=O) groups excluding carboxylic acids is 1. The van der Waals surface area contributed by atoms with E-state index in [4.69, 9.17) is 5.73 Å².